The van der Waals surface area contributed by atoms with Crippen LogP contribution in [-0.2, 0) is 15.0 Å². The van der Waals surface area contributed by atoms with E-state index in [4.69, 9.17) is 0 Å². The van der Waals surface area contributed by atoms with Crippen molar-refractivity contribution < 1.29 is 14.4 Å². The number of carbonyl (C=O) groups is 3. The van der Waals surface area contributed by atoms with Gasteiger partial charge in [0.1, 0.15) is 0 Å². The van der Waals surface area contributed by atoms with Crippen LogP contribution >= 0.6 is 0 Å². The number of hydrogen-bond donors (Lipinski definition) is 3. The lowest BCUT2D eigenvalue weighted by molar-refractivity contribution is -0.121. The number of para-hydroxylation sites is 1. The minimum absolute atomic E-state index is 0.0175. The highest BCUT2D eigenvalue weighted by Crippen LogP contribution is 2.49. The third-order valence-electron chi connectivity index (χ3n) is 6.28. The van der Waals surface area contributed by atoms with E-state index in [1.54, 1.807) is 24.3 Å². The van der Waals surface area contributed by atoms with Gasteiger partial charge in [0.2, 0.25) is 11.8 Å². The van der Waals surface area contributed by atoms with Crippen molar-refractivity contribution in [3.63, 3.8) is 0 Å². The number of fused-ring (bicyclic) bond motifs is 2. The molecule has 0 aliphatic carbocycles. The molecule has 0 radical (unpaired) electrons. The Morgan fingerprint density at radius 2 is 1.77 bits per heavy atom. The molecule has 0 aromatic heterocycles. The van der Waals surface area contributed by atoms with Gasteiger partial charge in [-0.3, -0.25) is 14.4 Å². The molecule has 31 heavy (non-hydrogen) atoms. The van der Waals surface area contributed by atoms with E-state index in [-0.39, 0.29) is 29.1 Å². The first-order valence-electron chi connectivity index (χ1n) is 10.7. The Labute approximate surface area is 182 Å². The van der Waals surface area contributed by atoms with Crippen LogP contribution in [0.2, 0.25) is 0 Å². The van der Waals surface area contributed by atoms with Gasteiger partial charge < -0.3 is 16.0 Å². The smallest absolute Gasteiger partial charge is 0.241 e. The van der Waals surface area contributed by atoms with Crippen LogP contribution in [0.25, 0.3) is 0 Å². The summed E-state index contributed by atoms with van der Waals surface area (Å²) >= 11 is 0. The van der Waals surface area contributed by atoms with Crippen LogP contribution in [0.15, 0.2) is 48.5 Å². The molecular formula is C25H29N3O3. The third kappa shape index (κ3) is 3.88. The minimum atomic E-state index is -0.773. The second-order valence-corrected chi connectivity index (χ2v) is 9.83. The van der Waals surface area contributed by atoms with E-state index in [9.17, 15) is 14.4 Å². The average molecular weight is 420 g/mol. The molecular weight excluding hydrogens is 390 g/mol. The van der Waals surface area contributed by atoms with Crippen LogP contribution in [0, 0.1) is 5.41 Å². The molecule has 4 rings (SSSR count). The molecule has 2 aromatic carbocycles. The Morgan fingerprint density at radius 1 is 1.10 bits per heavy atom. The van der Waals surface area contributed by atoms with Crippen molar-refractivity contribution in [2.75, 3.05) is 10.6 Å². The van der Waals surface area contributed by atoms with Crippen LogP contribution in [0.1, 0.15) is 56.5 Å². The highest BCUT2D eigenvalue weighted by atomic mass is 16.2. The molecule has 2 aliphatic heterocycles. The Hall–Kier alpha value is -2.99. The van der Waals surface area contributed by atoms with Gasteiger partial charge in [0.05, 0.1) is 11.5 Å². The Bertz CT molecular complexity index is 1040. The molecule has 162 valence electrons. The molecule has 6 nitrogen and oxygen atoms in total. The first-order chi connectivity index (χ1) is 14.6. The van der Waals surface area contributed by atoms with E-state index in [2.05, 4.69) is 36.7 Å². The molecule has 3 atom stereocenters. The van der Waals surface area contributed by atoms with Crippen LogP contribution in [0.3, 0.4) is 0 Å². The van der Waals surface area contributed by atoms with Crippen LogP contribution in [-0.4, -0.2) is 29.7 Å². The molecule has 0 saturated carbocycles. The maximum Gasteiger partial charge on any atom is 0.241 e. The van der Waals surface area contributed by atoms with Gasteiger partial charge in [-0.15, -0.1) is 0 Å². The molecule has 2 aromatic rings. The zero-order valence-corrected chi connectivity index (χ0v) is 18.4. The van der Waals surface area contributed by atoms with Crippen molar-refractivity contribution in [3.8, 4) is 0 Å². The summed E-state index contributed by atoms with van der Waals surface area (Å²) in [7, 11) is 0. The SMILES string of the molecule is CC(=O)c1ccc(NC(=O)C2CC3(C(=O)Nc4ccccc43)C(CC(C)(C)C)N2)cc1. The van der Waals surface area contributed by atoms with Crippen LogP contribution < -0.4 is 16.0 Å². The zero-order valence-electron chi connectivity index (χ0n) is 18.4. The predicted molar refractivity (Wildman–Crippen MR) is 121 cm³/mol. The lowest BCUT2D eigenvalue weighted by Crippen LogP contribution is -2.48. The summed E-state index contributed by atoms with van der Waals surface area (Å²) in [5.41, 5.74) is 2.22. The highest BCUT2D eigenvalue weighted by Gasteiger charge is 2.59. The highest BCUT2D eigenvalue weighted by molar-refractivity contribution is 6.08. The maximum absolute atomic E-state index is 13.3. The summed E-state index contributed by atoms with van der Waals surface area (Å²) in [5, 5.41) is 9.44. The number of anilines is 2. The van der Waals surface area contributed by atoms with E-state index in [1.165, 1.54) is 6.92 Å². The van der Waals surface area contributed by atoms with Gasteiger partial charge in [0.25, 0.3) is 0 Å². The lowest BCUT2D eigenvalue weighted by Gasteiger charge is -2.33. The maximum atomic E-state index is 13.3. The topological polar surface area (TPSA) is 87.3 Å². The molecule has 0 bridgehead atoms. The van der Waals surface area contributed by atoms with E-state index >= 15 is 0 Å². The second-order valence-electron chi connectivity index (χ2n) is 9.83. The fourth-order valence-corrected chi connectivity index (χ4v) is 4.83. The van der Waals surface area contributed by atoms with Crippen molar-refractivity contribution >= 4 is 29.0 Å². The summed E-state index contributed by atoms with van der Waals surface area (Å²) in [5.74, 6) is -0.242. The standard InChI is InChI=1S/C25H29N3O3/c1-15(29)16-9-11-17(12-10-16)26-22(30)20-13-25(21(27-20)14-24(2,3)4)18-7-5-6-8-19(18)28-23(25)31/h5-12,20-21,27H,13-14H2,1-4H3,(H,26,30)(H,28,31). The summed E-state index contributed by atoms with van der Waals surface area (Å²) in [6, 6.07) is 13.9. The third-order valence-corrected chi connectivity index (χ3v) is 6.28. The molecule has 6 heteroatoms. The molecule has 1 spiro atoms. The molecule has 2 heterocycles. The summed E-state index contributed by atoms with van der Waals surface area (Å²) in [4.78, 5) is 37.9. The number of ketones is 1. The normalized spacial score (nSPS) is 24.7. The van der Waals surface area contributed by atoms with Gasteiger partial charge in [-0.05, 0) is 61.1 Å². The number of amides is 2. The van der Waals surface area contributed by atoms with Crippen molar-refractivity contribution in [2.24, 2.45) is 5.41 Å². The zero-order chi connectivity index (χ0) is 22.4. The van der Waals surface area contributed by atoms with Gasteiger partial charge in [-0.25, -0.2) is 0 Å². The van der Waals surface area contributed by atoms with Crippen molar-refractivity contribution in [2.45, 2.75) is 58.0 Å². The quantitative estimate of drug-likeness (QED) is 0.656. The first kappa shape index (κ1) is 21.2. The second kappa shape index (κ2) is 7.61. The Kier molecular flexibility index (Phi) is 5.21. The van der Waals surface area contributed by atoms with Crippen molar-refractivity contribution in [1.82, 2.24) is 5.32 Å². The number of rotatable bonds is 4. The Balaban J connectivity index is 1.61. The molecule has 1 saturated heterocycles. The molecule has 3 N–H and O–H groups in total. The molecule has 2 amide bonds. The fourth-order valence-electron chi connectivity index (χ4n) is 4.83. The minimum Gasteiger partial charge on any atom is -0.325 e. The first-order valence-corrected chi connectivity index (χ1v) is 10.7. The van der Waals surface area contributed by atoms with Crippen LogP contribution in [0.4, 0.5) is 11.4 Å². The van der Waals surface area contributed by atoms with Crippen molar-refractivity contribution in [3.05, 3.63) is 59.7 Å². The van der Waals surface area contributed by atoms with Gasteiger partial charge in [-0.1, -0.05) is 39.0 Å². The van der Waals surface area contributed by atoms with Gasteiger partial charge in [-0.2, -0.15) is 0 Å². The van der Waals surface area contributed by atoms with E-state index < -0.39 is 11.5 Å². The van der Waals surface area contributed by atoms with E-state index in [0.29, 0.717) is 17.7 Å². The van der Waals surface area contributed by atoms with E-state index in [0.717, 1.165) is 17.7 Å². The number of hydrogen-bond acceptors (Lipinski definition) is 4. The van der Waals surface area contributed by atoms with Gasteiger partial charge >= 0.3 is 0 Å². The Morgan fingerprint density at radius 3 is 2.42 bits per heavy atom. The molecule has 3 unspecified atom stereocenters. The lowest BCUT2D eigenvalue weighted by atomic mass is 9.70. The predicted octanol–water partition coefficient (Wildman–Crippen LogP) is 3.88. The summed E-state index contributed by atoms with van der Waals surface area (Å²) < 4.78 is 0. The van der Waals surface area contributed by atoms with Crippen molar-refractivity contribution in [1.29, 1.82) is 0 Å². The van der Waals surface area contributed by atoms with Gasteiger partial charge in [0.15, 0.2) is 5.78 Å². The summed E-state index contributed by atoms with van der Waals surface area (Å²) in [6.07, 6.45) is 1.15. The average Bonchev–Trinajstić information content (AvgIpc) is 3.20. The van der Waals surface area contributed by atoms with E-state index in [1.807, 2.05) is 24.3 Å². The van der Waals surface area contributed by atoms with Gasteiger partial charge in [0, 0.05) is 23.0 Å². The number of Topliss-reactive ketones (excluding diaryl/α,β-unsaturated/α-hetero) is 1. The number of nitrogens with one attached hydrogen (secondary N) is 3. The monoisotopic (exact) mass is 419 g/mol. The summed E-state index contributed by atoms with van der Waals surface area (Å²) in [6.45, 7) is 7.94. The largest absolute Gasteiger partial charge is 0.325 e. The number of benzene rings is 2. The van der Waals surface area contributed by atoms with Crippen LogP contribution in [0.5, 0.6) is 0 Å². The molecule has 1 fully saturated rings. The fraction of sp³-hybridized carbons (Fsp3) is 0.400. The number of carbonyl (C=O) groups excluding carboxylic acids is 3. The molecule has 2 aliphatic rings.